The van der Waals surface area contributed by atoms with Crippen molar-refractivity contribution in [1.82, 2.24) is 14.2 Å². The monoisotopic (exact) mass is 251 g/mol. The molecule has 0 saturated carbocycles. The van der Waals surface area contributed by atoms with Crippen LogP contribution >= 0.6 is 0 Å². The number of fused-ring (bicyclic) bond motifs is 1. The van der Waals surface area contributed by atoms with E-state index in [1.165, 1.54) is 10.6 Å². The van der Waals surface area contributed by atoms with E-state index in [4.69, 9.17) is 9.84 Å². The van der Waals surface area contributed by atoms with Crippen LogP contribution in [0.1, 0.15) is 13.3 Å². The van der Waals surface area contributed by atoms with E-state index in [9.17, 15) is 9.59 Å². The number of hydrogen-bond donors (Lipinski definition) is 1. The van der Waals surface area contributed by atoms with Crippen LogP contribution in [0.3, 0.4) is 0 Å². The van der Waals surface area contributed by atoms with Gasteiger partial charge in [0.1, 0.15) is 6.54 Å². The van der Waals surface area contributed by atoms with Crippen molar-refractivity contribution < 1.29 is 14.6 Å². The lowest BCUT2D eigenvalue weighted by Crippen LogP contribution is -2.24. The largest absolute Gasteiger partial charge is 0.490 e. The number of hydrogen-bond acceptors (Lipinski definition) is 4. The first-order valence-electron chi connectivity index (χ1n) is 5.56. The number of carboxylic acids is 1. The van der Waals surface area contributed by atoms with Crippen molar-refractivity contribution in [3.63, 3.8) is 0 Å². The Bertz CT molecular complexity index is 629. The Labute approximate surface area is 102 Å². The van der Waals surface area contributed by atoms with Crippen LogP contribution in [0.15, 0.2) is 23.1 Å². The van der Waals surface area contributed by atoms with Crippen molar-refractivity contribution in [2.75, 3.05) is 6.61 Å². The van der Waals surface area contributed by atoms with E-state index in [2.05, 4.69) is 5.10 Å². The summed E-state index contributed by atoms with van der Waals surface area (Å²) in [5.74, 6) is -0.642. The summed E-state index contributed by atoms with van der Waals surface area (Å²) in [7, 11) is 0. The van der Waals surface area contributed by atoms with Crippen molar-refractivity contribution in [2.24, 2.45) is 0 Å². The molecule has 0 amide bonds. The van der Waals surface area contributed by atoms with Crippen molar-refractivity contribution >= 4 is 11.6 Å². The minimum Gasteiger partial charge on any atom is -0.490 e. The third kappa shape index (κ3) is 2.20. The van der Waals surface area contributed by atoms with Crippen LogP contribution in [0, 0.1) is 0 Å². The van der Waals surface area contributed by atoms with Gasteiger partial charge >= 0.3 is 11.7 Å². The Kier molecular flexibility index (Phi) is 3.31. The van der Waals surface area contributed by atoms with Crippen molar-refractivity contribution in [1.29, 1.82) is 0 Å². The first-order chi connectivity index (χ1) is 8.63. The van der Waals surface area contributed by atoms with Gasteiger partial charge in [-0.2, -0.15) is 0 Å². The summed E-state index contributed by atoms with van der Waals surface area (Å²) in [6.45, 7) is 2.02. The highest BCUT2D eigenvalue weighted by Gasteiger charge is 2.12. The molecule has 0 spiro atoms. The molecule has 2 rings (SSSR count). The fourth-order valence-electron chi connectivity index (χ4n) is 1.57. The van der Waals surface area contributed by atoms with Crippen molar-refractivity contribution in [3.05, 3.63) is 28.8 Å². The summed E-state index contributed by atoms with van der Waals surface area (Å²) in [5.41, 5.74) is -0.161. The zero-order valence-corrected chi connectivity index (χ0v) is 9.87. The minimum atomic E-state index is -1.11. The van der Waals surface area contributed by atoms with E-state index < -0.39 is 18.2 Å². The summed E-state index contributed by atoms with van der Waals surface area (Å²) < 4.78 is 7.63. The van der Waals surface area contributed by atoms with E-state index in [0.717, 1.165) is 11.1 Å². The van der Waals surface area contributed by atoms with Gasteiger partial charge < -0.3 is 9.84 Å². The molecule has 2 aromatic rings. The molecule has 0 aliphatic heterocycles. The minimum absolute atomic E-state index is 0.331. The van der Waals surface area contributed by atoms with Gasteiger partial charge in [0, 0.05) is 6.20 Å². The highest BCUT2D eigenvalue weighted by atomic mass is 16.5. The maximum atomic E-state index is 11.8. The standard InChI is InChI=1S/C11H13N3O4/c1-2-6-18-8-4-3-5-13-10(8)12-14(11(13)17)7-9(15)16/h3-5H,2,6-7H2,1H3,(H,15,16). The molecule has 2 aromatic heterocycles. The molecule has 0 atom stereocenters. The fraction of sp³-hybridized carbons (Fsp3) is 0.364. The van der Waals surface area contributed by atoms with Crippen molar-refractivity contribution in [2.45, 2.75) is 19.9 Å². The van der Waals surface area contributed by atoms with Gasteiger partial charge in [-0.1, -0.05) is 6.92 Å². The first-order valence-corrected chi connectivity index (χ1v) is 5.56. The summed E-state index contributed by atoms with van der Waals surface area (Å²) in [5, 5.41) is 12.7. The molecule has 0 fully saturated rings. The quantitative estimate of drug-likeness (QED) is 0.829. The molecule has 7 heteroatoms. The lowest BCUT2D eigenvalue weighted by molar-refractivity contribution is -0.137. The molecule has 7 nitrogen and oxygen atoms in total. The Hall–Kier alpha value is -2.31. The second-order valence-corrected chi connectivity index (χ2v) is 3.75. The van der Waals surface area contributed by atoms with Crippen LogP contribution < -0.4 is 10.4 Å². The number of pyridine rings is 1. The van der Waals surface area contributed by atoms with Gasteiger partial charge in [0.2, 0.25) is 5.65 Å². The molecular formula is C11H13N3O4. The Balaban J connectivity index is 2.50. The number of carbonyl (C=O) groups is 1. The Morgan fingerprint density at radius 1 is 1.56 bits per heavy atom. The summed E-state index contributed by atoms with van der Waals surface area (Å²) in [6, 6.07) is 3.36. The Morgan fingerprint density at radius 3 is 3.00 bits per heavy atom. The molecule has 0 bridgehead atoms. The van der Waals surface area contributed by atoms with Crippen LogP contribution in [0.25, 0.3) is 5.65 Å². The first kappa shape index (κ1) is 12.2. The van der Waals surface area contributed by atoms with E-state index >= 15 is 0 Å². The van der Waals surface area contributed by atoms with Crippen LogP contribution in [0.4, 0.5) is 0 Å². The van der Waals surface area contributed by atoms with Crippen LogP contribution in [0.2, 0.25) is 0 Å². The van der Waals surface area contributed by atoms with Gasteiger partial charge in [-0.05, 0) is 18.6 Å². The molecule has 0 aromatic carbocycles. The van der Waals surface area contributed by atoms with Gasteiger partial charge in [0.25, 0.3) is 0 Å². The highest BCUT2D eigenvalue weighted by molar-refractivity contribution is 5.66. The predicted octanol–water partition coefficient (Wildman–Crippen LogP) is 0.369. The molecule has 18 heavy (non-hydrogen) atoms. The van der Waals surface area contributed by atoms with Gasteiger partial charge in [0.05, 0.1) is 6.61 Å². The molecule has 0 aliphatic carbocycles. The fourth-order valence-corrected chi connectivity index (χ4v) is 1.57. The summed E-state index contributed by atoms with van der Waals surface area (Å²) >= 11 is 0. The molecule has 0 unspecified atom stereocenters. The van der Waals surface area contributed by atoms with E-state index in [1.807, 2.05) is 6.92 Å². The average Bonchev–Trinajstić information content (AvgIpc) is 2.64. The van der Waals surface area contributed by atoms with Gasteiger partial charge in [-0.25, -0.2) is 13.9 Å². The summed E-state index contributed by atoms with van der Waals surface area (Å²) in [6.07, 6.45) is 2.36. The number of rotatable bonds is 5. The van der Waals surface area contributed by atoms with Crippen LogP contribution in [0.5, 0.6) is 5.75 Å². The summed E-state index contributed by atoms with van der Waals surface area (Å²) in [4.78, 5) is 22.4. The predicted molar refractivity (Wildman–Crippen MR) is 62.9 cm³/mol. The lowest BCUT2D eigenvalue weighted by atomic mass is 10.4. The third-order valence-corrected chi connectivity index (χ3v) is 2.32. The molecule has 0 aliphatic rings. The third-order valence-electron chi connectivity index (χ3n) is 2.32. The van der Waals surface area contributed by atoms with Crippen LogP contribution in [-0.2, 0) is 11.3 Å². The number of ether oxygens (including phenoxy) is 1. The average molecular weight is 251 g/mol. The highest BCUT2D eigenvalue weighted by Crippen LogP contribution is 2.15. The van der Waals surface area contributed by atoms with E-state index in [-0.39, 0.29) is 0 Å². The van der Waals surface area contributed by atoms with Crippen LogP contribution in [-0.4, -0.2) is 31.9 Å². The smallest absolute Gasteiger partial charge is 0.350 e. The van der Waals surface area contributed by atoms with Crippen molar-refractivity contribution in [3.8, 4) is 5.75 Å². The molecule has 2 heterocycles. The van der Waals surface area contributed by atoms with E-state index in [1.54, 1.807) is 12.1 Å². The molecule has 0 saturated heterocycles. The normalized spacial score (nSPS) is 10.7. The number of carboxylic acid groups (broad SMARTS) is 1. The molecular weight excluding hydrogens is 238 g/mol. The second-order valence-electron chi connectivity index (χ2n) is 3.75. The van der Waals surface area contributed by atoms with Gasteiger partial charge in [-0.3, -0.25) is 4.79 Å². The number of aliphatic carboxylic acids is 1. The molecule has 96 valence electrons. The maximum Gasteiger partial charge on any atom is 0.350 e. The Morgan fingerprint density at radius 2 is 2.33 bits per heavy atom. The molecule has 0 radical (unpaired) electrons. The topological polar surface area (TPSA) is 85.8 Å². The SMILES string of the molecule is CCCOc1cccn2c(=O)n(CC(=O)O)nc12. The van der Waals surface area contributed by atoms with Gasteiger partial charge in [-0.15, -0.1) is 5.10 Å². The molecule has 1 N–H and O–H groups in total. The van der Waals surface area contributed by atoms with E-state index in [0.29, 0.717) is 18.0 Å². The number of nitrogens with zero attached hydrogens (tertiary/aromatic N) is 3. The zero-order chi connectivity index (χ0) is 13.1. The lowest BCUT2D eigenvalue weighted by Gasteiger charge is -2.03. The zero-order valence-electron chi connectivity index (χ0n) is 9.87. The van der Waals surface area contributed by atoms with Gasteiger partial charge in [0.15, 0.2) is 5.75 Å². The number of aromatic nitrogens is 3. The maximum absolute atomic E-state index is 11.8. The second kappa shape index (κ2) is 4.91.